The van der Waals surface area contributed by atoms with Crippen LogP contribution in [0.2, 0.25) is 0 Å². The molecule has 0 aliphatic carbocycles. The Balaban J connectivity index is 2.42. The number of halogens is 3. The highest BCUT2D eigenvalue weighted by Crippen LogP contribution is 2.33. The van der Waals surface area contributed by atoms with Gasteiger partial charge in [-0.2, -0.15) is 13.2 Å². The lowest BCUT2D eigenvalue weighted by Gasteiger charge is -2.27. The van der Waals surface area contributed by atoms with E-state index in [-0.39, 0.29) is 0 Å². The summed E-state index contributed by atoms with van der Waals surface area (Å²) in [6, 6.07) is 12.8. The van der Waals surface area contributed by atoms with Crippen molar-refractivity contribution in [3.05, 3.63) is 70.8 Å². The van der Waals surface area contributed by atoms with Gasteiger partial charge in [0.05, 0.1) is 11.1 Å². The monoisotopic (exact) mass is 293 g/mol. The second kappa shape index (κ2) is 5.53. The fourth-order valence-corrected chi connectivity index (χ4v) is 2.27. The summed E-state index contributed by atoms with van der Waals surface area (Å²) in [7, 11) is 0. The van der Waals surface area contributed by atoms with Gasteiger partial charge < -0.3 is 5.73 Å². The third-order valence-electron chi connectivity index (χ3n) is 3.75. The van der Waals surface area contributed by atoms with Gasteiger partial charge >= 0.3 is 6.18 Å². The predicted molar refractivity (Wildman–Crippen MR) is 77.9 cm³/mol. The van der Waals surface area contributed by atoms with Gasteiger partial charge in [-0.05, 0) is 42.2 Å². The Morgan fingerprint density at radius 2 is 1.48 bits per heavy atom. The Labute approximate surface area is 122 Å². The van der Waals surface area contributed by atoms with Crippen LogP contribution >= 0.6 is 0 Å². The molecule has 0 spiro atoms. The SMILES string of the molecule is CCc1ccc(C(C)(N)c2cccc(C(F)(F)F)c2)cc1. The molecular weight excluding hydrogens is 275 g/mol. The lowest BCUT2D eigenvalue weighted by Crippen LogP contribution is -2.34. The highest BCUT2D eigenvalue weighted by Gasteiger charge is 2.32. The highest BCUT2D eigenvalue weighted by molar-refractivity contribution is 5.40. The van der Waals surface area contributed by atoms with Crippen LogP contribution in [0.3, 0.4) is 0 Å². The Morgan fingerprint density at radius 1 is 0.905 bits per heavy atom. The number of rotatable bonds is 3. The van der Waals surface area contributed by atoms with Crippen molar-refractivity contribution in [2.24, 2.45) is 5.73 Å². The van der Waals surface area contributed by atoms with E-state index in [1.165, 1.54) is 11.6 Å². The lowest BCUT2D eigenvalue weighted by molar-refractivity contribution is -0.137. The minimum atomic E-state index is -4.36. The summed E-state index contributed by atoms with van der Waals surface area (Å²) in [6.07, 6.45) is -3.46. The summed E-state index contributed by atoms with van der Waals surface area (Å²) in [6.45, 7) is 3.77. The second-order valence-corrected chi connectivity index (χ2v) is 5.33. The van der Waals surface area contributed by atoms with Gasteiger partial charge in [0.2, 0.25) is 0 Å². The molecule has 0 aliphatic rings. The van der Waals surface area contributed by atoms with Gasteiger partial charge in [-0.3, -0.25) is 0 Å². The van der Waals surface area contributed by atoms with Gasteiger partial charge in [-0.1, -0.05) is 43.3 Å². The molecule has 0 saturated carbocycles. The number of alkyl halides is 3. The van der Waals surface area contributed by atoms with Crippen LogP contribution in [0.4, 0.5) is 13.2 Å². The summed E-state index contributed by atoms with van der Waals surface area (Å²) < 4.78 is 38.4. The minimum Gasteiger partial charge on any atom is -0.318 e. The standard InChI is InChI=1S/C17H18F3N/c1-3-12-7-9-13(10-8-12)16(2,21)14-5-4-6-15(11-14)17(18,19)20/h4-11H,3,21H2,1-2H3. The zero-order valence-electron chi connectivity index (χ0n) is 12.0. The molecule has 0 aromatic heterocycles. The number of nitrogens with two attached hydrogens (primary N) is 1. The van der Waals surface area contributed by atoms with E-state index in [4.69, 9.17) is 5.73 Å². The molecule has 2 aromatic rings. The summed E-state index contributed by atoms with van der Waals surface area (Å²) in [5.74, 6) is 0. The molecule has 0 saturated heterocycles. The third-order valence-corrected chi connectivity index (χ3v) is 3.75. The Morgan fingerprint density at radius 3 is 2.00 bits per heavy atom. The van der Waals surface area contributed by atoms with E-state index in [0.29, 0.717) is 5.56 Å². The van der Waals surface area contributed by atoms with Crippen LogP contribution in [0.1, 0.15) is 36.1 Å². The molecule has 0 aliphatic heterocycles. The van der Waals surface area contributed by atoms with Crippen LogP contribution in [-0.4, -0.2) is 0 Å². The van der Waals surface area contributed by atoms with E-state index >= 15 is 0 Å². The first-order valence-corrected chi connectivity index (χ1v) is 6.81. The predicted octanol–water partition coefficient (Wildman–Crippen LogP) is 4.49. The summed E-state index contributed by atoms with van der Waals surface area (Å²) in [4.78, 5) is 0. The number of hydrogen-bond acceptors (Lipinski definition) is 1. The zero-order valence-corrected chi connectivity index (χ0v) is 12.0. The van der Waals surface area contributed by atoms with Crippen molar-refractivity contribution in [3.8, 4) is 0 Å². The van der Waals surface area contributed by atoms with Gasteiger partial charge in [-0.15, -0.1) is 0 Å². The van der Waals surface area contributed by atoms with Crippen LogP contribution in [0.15, 0.2) is 48.5 Å². The first kappa shape index (κ1) is 15.6. The largest absolute Gasteiger partial charge is 0.416 e. The molecule has 1 unspecified atom stereocenters. The molecule has 1 atom stereocenters. The molecule has 2 aromatic carbocycles. The molecule has 21 heavy (non-hydrogen) atoms. The van der Waals surface area contributed by atoms with Gasteiger partial charge in [0, 0.05) is 0 Å². The summed E-state index contributed by atoms with van der Waals surface area (Å²) in [5.41, 5.74) is 7.05. The van der Waals surface area contributed by atoms with Crippen molar-refractivity contribution in [1.29, 1.82) is 0 Å². The van der Waals surface area contributed by atoms with Crippen LogP contribution < -0.4 is 5.73 Å². The lowest BCUT2D eigenvalue weighted by atomic mass is 9.84. The maximum atomic E-state index is 12.8. The first-order chi connectivity index (χ1) is 9.75. The maximum Gasteiger partial charge on any atom is 0.416 e. The third kappa shape index (κ3) is 3.27. The fourth-order valence-electron chi connectivity index (χ4n) is 2.27. The molecule has 0 radical (unpaired) electrons. The highest BCUT2D eigenvalue weighted by atomic mass is 19.4. The fraction of sp³-hybridized carbons (Fsp3) is 0.294. The van der Waals surface area contributed by atoms with E-state index in [9.17, 15) is 13.2 Å². The average molecular weight is 293 g/mol. The molecular formula is C17H18F3N. The van der Waals surface area contributed by atoms with Crippen molar-refractivity contribution < 1.29 is 13.2 Å². The Bertz CT molecular complexity index is 613. The van der Waals surface area contributed by atoms with E-state index in [1.807, 2.05) is 31.2 Å². The first-order valence-electron chi connectivity index (χ1n) is 6.81. The van der Waals surface area contributed by atoms with Crippen LogP contribution in [0, 0.1) is 0 Å². The molecule has 0 amide bonds. The number of benzene rings is 2. The topological polar surface area (TPSA) is 26.0 Å². The van der Waals surface area contributed by atoms with Gasteiger partial charge in [-0.25, -0.2) is 0 Å². The van der Waals surface area contributed by atoms with E-state index in [1.54, 1.807) is 13.0 Å². The maximum absolute atomic E-state index is 12.8. The van der Waals surface area contributed by atoms with E-state index in [0.717, 1.165) is 24.1 Å². The zero-order chi connectivity index (χ0) is 15.7. The van der Waals surface area contributed by atoms with Crippen LogP contribution in [-0.2, 0) is 18.1 Å². The van der Waals surface area contributed by atoms with Crippen molar-refractivity contribution in [2.75, 3.05) is 0 Å². The molecule has 2 N–H and O–H groups in total. The van der Waals surface area contributed by atoms with E-state index in [2.05, 4.69) is 0 Å². The van der Waals surface area contributed by atoms with Crippen LogP contribution in [0.25, 0.3) is 0 Å². The average Bonchev–Trinajstić information content (AvgIpc) is 2.46. The van der Waals surface area contributed by atoms with Gasteiger partial charge in [0.15, 0.2) is 0 Å². The normalized spacial score (nSPS) is 14.8. The molecule has 0 fully saturated rings. The van der Waals surface area contributed by atoms with Crippen molar-refractivity contribution in [2.45, 2.75) is 32.0 Å². The van der Waals surface area contributed by atoms with Gasteiger partial charge in [0.1, 0.15) is 0 Å². The number of aryl methyl sites for hydroxylation is 1. The minimum absolute atomic E-state index is 0.446. The molecule has 0 bridgehead atoms. The Kier molecular flexibility index (Phi) is 4.10. The van der Waals surface area contributed by atoms with Crippen LogP contribution in [0.5, 0.6) is 0 Å². The van der Waals surface area contributed by atoms with Crippen molar-refractivity contribution in [1.82, 2.24) is 0 Å². The van der Waals surface area contributed by atoms with Gasteiger partial charge in [0.25, 0.3) is 0 Å². The molecule has 0 heterocycles. The van der Waals surface area contributed by atoms with E-state index < -0.39 is 17.3 Å². The smallest absolute Gasteiger partial charge is 0.318 e. The quantitative estimate of drug-likeness (QED) is 0.886. The van der Waals surface area contributed by atoms with Crippen molar-refractivity contribution in [3.63, 3.8) is 0 Å². The molecule has 112 valence electrons. The molecule has 4 heteroatoms. The summed E-state index contributed by atoms with van der Waals surface area (Å²) >= 11 is 0. The number of hydrogen-bond donors (Lipinski definition) is 1. The molecule has 2 rings (SSSR count). The second-order valence-electron chi connectivity index (χ2n) is 5.33. The molecule has 1 nitrogen and oxygen atoms in total. The summed E-state index contributed by atoms with van der Waals surface area (Å²) in [5, 5.41) is 0. The Hall–Kier alpha value is -1.81. The van der Waals surface area contributed by atoms with Crippen molar-refractivity contribution >= 4 is 0 Å².